The molecule has 1 atom stereocenters. The minimum atomic E-state index is 0.206. The van der Waals surface area contributed by atoms with Gasteiger partial charge in [-0.1, -0.05) is 30.7 Å². The number of nitrogens with zero attached hydrogens (tertiary/aromatic N) is 1. The van der Waals surface area contributed by atoms with E-state index in [1.165, 1.54) is 0 Å². The van der Waals surface area contributed by atoms with Crippen molar-refractivity contribution in [3.05, 3.63) is 28.8 Å². The fraction of sp³-hybridized carbons (Fsp3) is 0.571. The van der Waals surface area contributed by atoms with E-state index in [-0.39, 0.29) is 5.75 Å². The molecule has 100 valence electrons. The molecule has 1 saturated heterocycles. The molecule has 1 fully saturated rings. The Labute approximate surface area is 113 Å². The zero-order valence-electron chi connectivity index (χ0n) is 10.7. The number of para-hydroxylation sites is 1. The zero-order chi connectivity index (χ0) is 13.0. The lowest BCUT2D eigenvalue weighted by Gasteiger charge is -2.23. The highest BCUT2D eigenvalue weighted by molar-refractivity contribution is 6.32. The molecule has 2 rings (SSSR count). The summed E-state index contributed by atoms with van der Waals surface area (Å²) in [5.41, 5.74) is 0.888. The molecule has 0 spiro atoms. The highest BCUT2D eigenvalue weighted by Crippen LogP contribution is 2.28. The van der Waals surface area contributed by atoms with E-state index < -0.39 is 0 Å². The number of phenols is 1. The summed E-state index contributed by atoms with van der Waals surface area (Å²) in [5, 5.41) is 10.4. The predicted octanol–water partition coefficient (Wildman–Crippen LogP) is 3.05. The van der Waals surface area contributed by atoms with Crippen molar-refractivity contribution >= 4 is 11.6 Å². The summed E-state index contributed by atoms with van der Waals surface area (Å²) in [5.74, 6) is 0.206. The third-order valence-corrected chi connectivity index (χ3v) is 3.66. The van der Waals surface area contributed by atoms with Gasteiger partial charge in [0.2, 0.25) is 0 Å². The summed E-state index contributed by atoms with van der Waals surface area (Å²) in [6.45, 7) is 5.62. The Hall–Kier alpha value is -0.770. The molecule has 18 heavy (non-hydrogen) atoms. The first kappa shape index (κ1) is 13.7. The largest absolute Gasteiger partial charge is 0.506 e. The molecule has 1 aliphatic rings. The summed E-state index contributed by atoms with van der Waals surface area (Å²) in [6.07, 6.45) is 2.37. The molecule has 0 radical (unpaired) electrons. The molecule has 1 aromatic carbocycles. The second-order valence-corrected chi connectivity index (χ2v) is 5.14. The van der Waals surface area contributed by atoms with Crippen LogP contribution >= 0.6 is 11.6 Å². The minimum absolute atomic E-state index is 0.206. The van der Waals surface area contributed by atoms with E-state index in [0.717, 1.165) is 44.6 Å². The smallest absolute Gasteiger partial charge is 0.138 e. The maximum Gasteiger partial charge on any atom is 0.138 e. The number of aromatic hydroxyl groups is 1. The van der Waals surface area contributed by atoms with Crippen LogP contribution in [0.15, 0.2) is 18.2 Å². The molecule has 0 saturated carbocycles. The van der Waals surface area contributed by atoms with Crippen LogP contribution in [0.2, 0.25) is 5.02 Å². The summed E-state index contributed by atoms with van der Waals surface area (Å²) in [4.78, 5) is 2.33. The molecule has 0 bridgehead atoms. The highest BCUT2D eigenvalue weighted by Gasteiger charge is 2.18. The fourth-order valence-corrected chi connectivity index (χ4v) is 2.48. The van der Waals surface area contributed by atoms with Gasteiger partial charge in [0.1, 0.15) is 5.75 Å². The lowest BCUT2D eigenvalue weighted by Crippen LogP contribution is -2.31. The number of rotatable bonds is 3. The second-order valence-electron chi connectivity index (χ2n) is 4.74. The van der Waals surface area contributed by atoms with Crippen LogP contribution in [0, 0.1) is 0 Å². The van der Waals surface area contributed by atoms with Gasteiger partial charge in [0.25, 0.3) is 0 Å². The number of halogens is 1. The standard InChI is InChI=1S/C14H20ClNO2/c1-2-12-10-16(7-4-8-18-12)9-11-5-3-6-13(15)14(11)17/h3,5-6,12,17H,2,4,7-10H2,1H3. The Morgan fingerprint density at radius 1 is 1.50 bits per heavy atom. The lowest BCUT2D eigenvalue weighted by atomic mass is 10.1. The molecule has 3 nitrogen and oxygen atoms in total. The first-order valence-corrected chi connectivity index (χ1v) is 6.88. The number of ether oxygens (including phenoxy) is 1. The van der Waals surface area contributed by atoms with Gasteiger partial charge in [0.15, 0.2) is 0 Å². The fourth-order valence-electron chi connectivity index (χ4n) is 2.29. The van der Waals surface area contributed by atoms with E-state index in [4.69, 9.17) is 16.3 Å². The van der Waals surface area contributed by atoms with Gasteiger partial charge in [-0.15, -0.1) is 0 Å². The lowest BCUT2D eigenvalue weighted by molar-refractivity contribution is 0.0509. The van der Waals surface area contributed by atoms with Crippen LogP contribution in [0.5, 0.6) is 5.75 Å². The van der Waals surface area contributed by atoms with Crippen molar-refractivity contribution in [3.8, 4) is 5.75 Å². The molecular formula is C14H20ClNO2. The number of phenolic OH excluding ortho intramolecular Hbond substituents is 1. The quantitative estimate of drug-likeness (QED) is 0.916. The van der Waals surface area contributed by atoms with Crippen molar-refractivity contribution in [2.24, 2.45) is 0 Å². The Kier molecular flexibility index (Phi) is 4.87. The van der Waals surface area contributed by atoms with Crippen LogP contribution in [0.1, 0.15) is 25.3 Å². The van der Waals surface area contributed by atoms with Crippen molar-refractivity contribution in [3.63, 3.8) is 0 Å². The van der Waals surface area contributed by atoms with Crippen LogP contribution in [-0.2, 0) is 11.3 Å². The molecule has 4 heteroatoms. The van der Waals surface area contributed by atoms with Gasteiger partial charge in [-0.25, -0.2) is 0 Å². The van der Waals surface area contributed by atoms with Crippen molar-refractivity contribution in [2.45, 2.75) is 32.4 Å². The van der Waals surface area contributed by atoms with E-state index >= 15 is 0 Å². The first-order valence-electron chi connectivity index (χ1n) is 6.51. The van der Waals surface area contributed by atoms with Gasteiger partial charge in [-0.3, -0.25) is 4.90 Å². The molecule has 1 unspecified atom stereocenters. The maximum atomic E-state index is 9.93. The van der Waals surface area contributed by atoms with Gasteiger partial charge in [-0.2, -0.15) is 0 Å². The molecule has 1 aliphatic heterocycles. The topological polar surface area (TPSA) is 32.7 Å². The monoisotopic (exact) mass is 269 g/mol. The van der Waals surface area contributed by atoms with Gasteiger partial charge in [0, 0.05) is 31.8 Å². The second kappa shape index (κ2) is 6.41. The molecular weight excluding hydrogens is 250 g/mol. The van der Waals surface area contributed by atoms with Gasteiger partial charge in [0.05, 0.1) is 11.1 Å². The Balaban J connectivity index is 2.05. The average Bonchev–Trinajstić information content (AvgIpc) is 2.60. The minimum Gasteiger partial charge on any atom is -0.506 e. The SMILES string of the molecule is CCC1CN(Cc2cccc(Cl)c2O)CCCO1. The van der Waals surface area contributed by atoms with Crippen LogP contribution in [0.25, 0.3) is 0 Å². The van der Waals surface area contributed by atoms with Gasteiger partial charge >= 0.3 is 0 Å². The summed E-state index contributed by atoms with van der Waals surface area (Å²) in [6, 6.07) is 5.51. The molecule has 1 aromatic rings. The number of benzene rings is 1. The molecule has 0 aromatic heterocycles. The van der Waals surface area contributed by atoms with Crippen molar-refractivity contribution in [2.75, 3.05) is 19.7 Å². The number of hydrogen-bond acceptors (Lipinski definition) is 3. The van der Waals surface area contributed by atoms with E-state index in [1.54, 1.807) is 6.07 Å². The molecule has 1 heterocycles. The average molecular weight is 270 g/mol. The normalized spacial score (nSPS) is 21.8. The summed E-state index contributed by atoms with van der Waals surface area (Å²) < 4.78 is 5.74. The van der Waals surface area contributed by atoms with Crippen molar-refractivity contribution in [1.29, 1.82) is 0 Å². The third kappa shape index (κ3) is 3.37. The van der Waals surface area contributed by atoms with Crippen molar-refractivity contribution in [1.82, 2.24) is 4.90 Å². The first-order chi connectivity index (χ1) is 8.70. The number of hydrogen-bond donors (Lipinski definition) is 1. The summed E-state index contributed by atoms with van der Waals surface area (Å²) >= 11 is 5.93. The van der Waals surface area contributed by atoms with Gasteiger partial charge in [-0.05, 0) is 18.9 Å². The predicted molar refractivity (Wildman–Crippen MR) is 73.0 cm³/mol. The molecule has 0 amide bonds. The molecule has 1 N–H and O–H groups in total. The molecule has 0 aliphatic carbocycles. The van der Waals surface area contributed by atoms with Crippen LogP contribution in [-0.4, -0.2) is 35.8 Å². The van der Waals surface area contributed by atoms with Crippen LogP contribution in [0.4, 0.5) is 0 Å². The van der Waals surface area contributed by atoms with Gasteiger partial charge < -0.3 is 9.84 Å². The summed E-state index contributed by atoms with van der Waals surface area (Å²) in [7, 11) is 0. The van der Waals surface area contributed by atoms with E-state index in [0.29, 0.717) is 11.1 Å². The van der Waals surface area contributed by atoms with E-state index in [2.05, 4.69) is 11.8 Å². The highest BCUT2D eigenvalue weighted by atomic mass is 35.5. The van der Waals surface area contributed by atoms with E-state index in [9.17, 15) is 5.11 Å². The van der Waals surface area contributed by atoms with Crippen molar-refractivity contribution < 1.29 is 9.84 Å². The Bertz CT molecular complexity index is 397. The van der Waals surface area contributed by atoms with Crippen LogP contribution in [0.3, 0.4) is 0 Å². The Morgan fingerprint density at radius 2 is 2.33 bits per heavy atom. The third-order valence-electron chi connectivity index (χ3n) is 3.35. The van der Waals surface area contributed by atoms with E-state index in [1.807, 2.05) is 12.1 Å². The van der Waals surface area contributed by atoms with Crippen LogP contribution < -0.4 is 0 Å². The maximum absolute atomic E-state index is 9.93. The Morgan fingerprint density at radius 3 is 3.11 bits per heavy atom. The zero-order valence-corrected chi connectivity index (χ0v) is 11.5.